The molecule has 3 heteroatoms. The van der Waals surface area contributed by atoms with Crippen LogP contribution in [0, 0.1) is 0 Å². The fraction of sp³-hybridized carbons (Fsp3) is 0.154. The highest BCUT2D eigenvalue weighted by molar-refractivity contribution is 7.99. The number of nitrogens with zero attached hydrogens (tertiary/aromatic N) is 1. The van der Waals surface area contributed by atoms with E-state index >= 15 is 0 Å². The van der Waals surface area contributed by atoms with Crippen molar-refractivity contribution in [1.29, 1.82) is 0 Å². The molecule has 0 unspecified atom stereocenters. The second-order valence-corrected chi connectivity index (χ2v) is 4.65. The van der Waals surface area contributed by atoms with Crippen molar-refractivity contribution in [3.8, 4) is 0 Å². The number of para-hydroxylation sites is 1. The molecule has 1 aromatic carbocycles. The van der Waals surface area contributed by atoms with E-state index in [2.05, 4.69) is 11.1 Å². The molecule has 2 aromatic rings. The lowest BCUT2D eigenvalue weighted by atomic mass is 10.1. The molecule has 0 saturated heterocycles. The van der Waals surface area contributed by atoms with Gasteiger partial charge in [0.1, 0.15) is 0 Å². The van der Waals surface area contributed by atoms with E-state index in [0.717, 1.165) is 17.9 Å². The highest BCUT2D eigenvalue weighted by atomic mass is 32.2. The van der Waals surface area contributed by atoms with Crippen LogP contribution in [0.5, 0.6) is 0 Å². The first-order valence-electron chi connectivity index (χ1n) is 5.22. The molecule has 0 spiro atoms. The Bertz CT molecular complexity index is 443. The number of aryl methyl sites for hydroxylation is 1. The van der Waals surface area contributed by atoms with Crippen LogP contribution in [-0.2, 0) is 6.42 Å². The minimum absolute atomic E-state index is 0.887. The normalized spacial score (nSPS) is 10.2. The number of benzene rings is 1. The summed E-state index contributed by atoms with van der Waals surface area (Å²) < 4.78 is 0. The van der Waals surface area contributed by atoms with Gasteiger partial charge in [-0.2, -0.15) is 0 Å². The molecule has 0 amide bonds. The minimum atomic E-state index is 0.887. The molecular formula is C13H14N2S. The van der Waals surface area contributed by atoms with Crippen LogP contribution in [0.1, 0.15) is 5.56 Å². The maximum Gasteiger partial charge on any atom is 0.0346 e. The number of pyridine rings is 1. The number of anilines is 1. The molecule has 2 rings (SSSR count). The highest BCUT2D eigenvalue weighted by Crippen LogP contribution is 2.19. The second kappa shape index (κ2) is 5.56. The molecular weight excluding hydrogens is 216 g/mol. The van der Waals surface area contributed by atoms with Crippen molar-refractivity contribution in [3.05, 3.63) is 54.4 Å². The molecule has 2 N–H and O–H groups in total. The van der Waals surface area contributed by atoms with Crippen LogP contribution in [0.25, 0.3) is 0 Å². The van der Waals surface area contributed by atoms with Crippen molar-refractivity contribution >= 4 is 17.4 Å². The van der Waals surface area contributed by atoms with Gasteiger partial charge in [0.2, 0.25) is 0 Å². The molecule has 1 heterocycles. The van der Waals surface area contributed by atoms with Crippen LogP contribution in [0.3, 0.4) is 0 Å². The molecule has 1 aromatic heterocycles. The van der Waals surface area contributed by atoms with E-state index in [9.17, 15) is 0 Å². The molecule has 82 valence electrons. The van der Waals surface area contributed by atoms with E-state index in [0.29, 0.717) is 0 Å². The first kappa shape index (κ1) is 11.0. The Morgan fingerprint density at radius 1 is 1.06 bits per heavy atom. The van der Waals surface area contributed by atoms with Crippen LogP contribution in [0.2, 0.25) is 0 Å². The maximum atomic E-state index is 5.88. The summed E-state index contributed by atoms with van der Waals surface area (Å²) in [5, 5.41) is 0. The zero-order valence-electron chi connectivity index (χ0n) is 8.97. The van der Waals surface area contributed by atoms with Gasteiger partial charge in [0.05, 0.1) is 0 Å². The lowest BCUT2D eigenvalue weighted by molar-refractivity contribution is 1.16. The van der Waals surface area contributed by atoms with Crippen molar-refractivity contribution < 1.29 is 0 Å². The molecule has 0 saturated carbocycles. The first-order valence-corrected chi connectivity index (χ1v) is 6.21. The van der Waals surface area contributed by atoms with Gasteiger partial charge < -0.3 is 5.73 Å². The molecule has 16 heavy (non-hydrogen) atoms. The van der Waals surface area contributed by atoms with Crippen molar-refractivity contribution in [1.82, 2.24) is 4.98 Å². The topological polar surface area (TPSA) is 38.9 Å². The van der Waals surface area contributed by atoms with Gasteiger partial charge in [-0.15, -0.1) is 11.8 Å². The van der Waals surface area contributed by atoms with E-state index in [1.165, 1.54) is 10.5 Å². The average molecular weight is 230 g/mol. The number of nitrogen functional groups attached to an aromatic ring is 1. The Morgan fingerprint density at radius 2 is 1.81 bits per heavy atom. The summed E-state index contributed by atoms with van der Waals surface area (Å²) >= 11 is 1.83. The van der Waals surface area contributed by atoms with E-state index in [4.69, 9.17) is 5.73 Å². The van der Waals surface area contributed by atoms with Crippen molar-refractivity contribution in [2.45, 2.75) is 11.3 Å². The Balaban J connectivity index is 1.87. The maximum absolute atomic E-state index is 5.88. The molecule has 0 fully saturated rings. The van der Waals surface area contributed by atoms with Gasteiger partial charge in [-0.1, -0.05) is 18.2 Å². The first-order chi connectivity index (χ1) is 7.86. The monoisotopic (exact) mass is 230 g/mol. The third kappa shape index (κ3) is 3.00. The number of rotatable bonds is 4. The highest BCUT2D eigenvalue weighted by Gasteiger charge is 1.98. The molecule has 0 bridgehead atoms. The summed E-state index contributed by atoms with van der Waals surface area (Å²) in [6, 6.07) is 12.1. The largest absolute Gasteiger partial charge is 0.399 e. The zero-order valence-corrected chi connectivity index (χ0v) is 9.78. The quantitative estimate of drug-likeness (QED) is 0.648. The number of hydrogen-bond donors (Lipinski definition) is 1. The Labute approximate surface area is 99.9 Å². The minimum Gasteiger partial charge on any atom is -0.399 e. The standard InChI is InChI=1S/C13H14N2S/c14-13-4-2-1-3-11(13)7-10-16-12-5-8-15-9-6-12/h1-6,8-9H,7,10,14H2. The fourth-order valence-corrected chi connectivity index (χ4v) is 2.35. The van der Waals surface area contributed by atoms with Gasteiger partial charge in [-0.05, 0) is 30.2 Å². The summed E-state index contributed by atoms with van der Waals surface area (Å²) in [6.45, 7) is 0. The number of aromatic nitrogens is 1. The van der Waals surface area contributed by atoms with E-state index in [1.54, 1.807) is 0 Å². The van der Waals surface area contributed by atoms with Crippen LogP contribution < -0.4 is 5.73 Å². The lowest BCUT2D eigenvalue weighted by Crippen LogP contribution is -1.95. The van der Waals surface area contributed by atoms with Crippen LogP contribution in [0.15, 0.2) is 53.7 Å². The van der Waals surface area contributed by atoms with Crippen LogP contribution in [0.4, 0.5) is 5.69 Å². The number of hydrogen-bond acceptors (Lipinski definition) is 3. The molecule has 0 radical (unpaired) electrons. The summed E-state index contributed by atoms with van der Waals surface area (Å²) in [4.78, 5) is 5.25. The number of thioether (sulfide) groups is 1. The van der Waals surface area contributed by atoms with Crippen LogP contribution in [-0.4, -0.2) is 10.7 Å². The zero-order chi connectivity index (χ0) is 11.2. The molecule has 2 nitrogen and oxygen atoms in total. The summed E-state index contributed by atoms with van der Waals surface area (Å²) in [5.41, 5.74) is 7.99. The van der Waals surface area contributed by atoms with Gasteiger partial charge in [0.25, 0.3) is 0 Å². The molecule has 0 aliphatic heterocycles. The van der Waals surface area contributed by atoms with E-state index < -0.39 is 0 Å². The fourth-order valence-electron chi connectivity index (χ4n) is 1.48. The van der Waals surface area contributed by atoms with E-state index in [1.807, 2.05) is 54.5 Å². The third-order valence-electron chi connectivity index (χ3n) is 2.34. The van der Waals surface area contributed by atoms with Crippen molar-refractivity contribution in [3.63, 3.8) is 0 Å². The Hall–Kier alpha value is -1.48. The Kier molecular flexibility index (Phi) is 3.83. The lowest BCUT2D eigenvalue weighted by Gasteiger charge is -2.04. The van der Waals surface area contributed by atoms with E-state index in [-0.39, 0.29) is 0 Å². The number of nitrogens with two attached hydrogens (primary N) is 1. The van der Waals surface area contributed by atoms with Gasteiger partial charge >= 0.3 is 0 Å². The Morgan fingerprint density at radius 3 is 2.56 bits per heavy atom. The molecule has 0 aliphatic rings. The van der Waals surface area contributed by atoms with Gasteiger partial charge in [-0.25, -0.2) is 0 Å². The second-order valence-electron chi connectivity index (χ2n) is 3.48. The van der Waals surface area contributed by atoms with Crippen molar-refractivity contribution in [2.24, 2.45) is 0 Å². The van der Waals surface area contributed by atoms with Gasteiger partial charge in [0, 0.05) is 28.7 Å². The third-order valence-corrected chi connectivity index (χ3v) is 3.36. The average Bonchev–Trinajstić information content (AvgIpc) is 2.33. The molecule has 0 aliphatic carbocycles. The van der Waals surface area contributed by atoms with Crippen LogP contribution >= 0.6 is 11.8 Å². The summed E-state index contributed by atoms with van der Waals surface area (Å²) in [5.74, 6) is 1.04. The predicted molar refractivity (Wildman–Crippen MR) is 69.5 cm³/mol. The summed E-state index contributed by atoms with van der Waals surface area (Å²) in [6.07, 6.45) is 4.64. The smallest absolute Gasteiger partial charge is 0.0346 e. The van der Waals surface area contributed by atoms with Gasteiger partial charge in [0.15, 0.2) is 0 Å². The SMILES string of the molecule is Nc1ccccc1CCSc1ccncc1. The summed E-state index contributed by atoms with van der Waals surface area (Å²) in [7, 11) is 0. The van der Waals surface area contributed by atoms with Gasteiger partial charge in [-0.3, -0.25) is 4.98 Å². The van der Waals surface area contributed by atoms with Crippen molar-refractivity contribution in [2.75, 3.05) is 11.5 Å². The molecule has 0 atom stereocenters. The predicted octanol–water partition coefficient (Wildman–Crippen LogP) is 3.00.